The second-order valence-electron chi connectivity index (χ2n) is 2.03. The number of nitrogens with two attached hydrogens (primary N) is 1. The average Bonchev–Trinajstić information content (AvgIpc) is 2.03. The van der Waals surface area contributed by atoms with E-state index in [-0.39, 0.29) is 6.54 Å². The molecule has 4 heteroatoms. The third kappa shape index (κ3) is 1.88. The Hall–Kier alpha value is -1.16. The van der Waals surface area contributed by atoms with Crippen LogP contribution in [0.3, 0.4) is 0 Å². The molecule has 0 saturated carbocycles. The monoisotopic (exact) mass is 156 g/mol. The SMILES string of the molecule is COc1cc(F)nc(CN)c1. The molecule has 0 atom stereocenters. The van der Waals surface area contributed by atoms with Gasteiger partial charge in [0.25, 0.3) is 0 Å². The zero-order valence-corrected chi connectivity index (χ0v) is 6.17. The normalized spacial score (nSPS) is 9.73. The molecule has 1 aromatic rings. The first-order valence-electron chi connectivity index (χ1n) is 3.17. The number of aromatic nitrogens is 1. The molecule has 1 aromatic heterocycles. The van der Waals surface area contributed by atoms with Gasteiger partial charge in [0, 0.05) is 18.7 Å². The van der Waals surface area contributed by atoms with Crippen LogP contribution in [-0.4, -0.2) is 12.1 Å². The van der Waals surface area contributed by atoms with Crippen LogP contribution in [0.15, 0.2) is 12.1 Å². The van der Waals surface area contributed by atoms with Crippen molar-refractivity contribution in [3.8, 4) is 5.75 Å². The molecule has 0 unspecified atom stereocenters. The fourth-order valence-corrected chi connectivity index (χ4v) is 0.747. The Labute approximate surface area is 64.0 Å². The molecule has 0 fully saturated rings. The Morgan fingerprint density at radius 2 is 2.36 bits per heavy atom. The van der Waals surface area contributed by atoms with E-state index in [1.54, 1.807) is 6.07 Å². The summed E-state index contributed by atoms with van der Waals surface area (Å²) < 4.78 is 17.4. The van der Waals surface area contributed by atoms with Crippen LogP contribution in [0.25, 0.3) is 0 Å². The van der Waals surface area contributed by atoms with Gasteiger partial charge in [0.1, 0.15) is 5.75 Å². The lowest BCUT2D eigenvalue weighted by atomic mass is 10.3. The van der Waals surface area contributed by atoms with Gasteiger partial charge in [-0.05, 0) is 0 Å². The predicted molar refractivity (Wildman–Crippen MR) is 38.6 cm³/mol. The van der Waals surface area contributed by atoms with E-state index in [4.69, 9.17) is 10.5 Å². The summed E-state index contributed by atoms with van der Waals surface area (Å²) in [7, 11) is 1.47. The Morgan fingerprint density at radius 1 is 1.64 bits per heavy atom. The highest BCUT2D eigenvalue weighted by Crippen LogP contribution is 2.11. The molecule has 0 aliphatic heterocycles. The maximum atomic E-state index is 12.6. The van der Waals surface area contributed by atoms with Crippen molar-refractivity contribution in [2.24, 2.45) is 5.73 Å². The van der Waals surface area contributed by atoms with Gasteiger partial charge >= 0.3 is 0 Å². The zero-order valence-electron chi connectivity index (χ0n) is 6.17. The summed E-state index contributed by atoms with van der Waals surface area (Å²) >= 11 is 0. The minimum Gasteiger partial charge on any atom is -0.497 e. The van der Waals surface area contributed by atoms with Gasteiger partial charge in [-0.1, -0.05) is 0 Å². The summed E-state index contributed by atoms with van der Waals surface area (Å²) in [5, 5.41) is 0. The third-order valence-electron chi connectivity index (χ3n) is 1.27. The van der Waals surface area contributed by atoms with Crippen molar-refractivity contribution in [2.75, 3.05) is 7.11 Å². The summed E-state index contributed by atoms with van der Waals surface area (Å²) in [5.74, 6) is -0.122. The van der Waals surface area contributed by atoms with E-state index in [0.29, 0.717) is 11.4 Å². The number of nitrogens with zero attached hydrogens (tertiary/aromatic N) is 1. The molecule has 1 rings (SSSR count). The molecule has 0 bridgehead atoms. The second kappa shape index (κ2) is 3.30. The van der Waals surface area contributed by atoms with Crippen molar-refractivity contribution < 1.29 is 9.13 Å². The standard InChI is InChI=1S/C7H9FN2O/c1-11-6-2-5(4-9)10-7(8)3-6/h2-3H,4,9H2,1H3. The molecule has 0 amide bonds. The molecule has 3 nitrogen and oxygen atoms in total. The average molecular weight is 156 g/mol. The van der Waals surface area contributed by atoms with Crippen LogP contribution >= 0.6 is 0 Å². The minimum atomic E-state index is -0.565. The highest BCUT2D eigenvalue weighted by atomic mass is 19.1. The van der Waals surface area contributed by atoms with Gasteiger partial charge in [-0.3, -0.25) is 0 Å². The van der Waals surface area contributed by atoms with Crippen molar-refractivity contribution in [1.29, 1.82) is 0 Å². The summed E-state index contributed by atoms with van der Waals surface area (Å²) in [4.78, 5) is 3.53. The summed E-state index contributed by atoms with van der Waals surface area (Å²) in [5.41, 5.74) is 5.75. The summed E-state index contributed by atoms with van der Waals surface area (Å²) in [6.45, 7) is 0.216. The number of methoxy groups -OCH3 is 1. The van der Waals surface area contributed by atoms with E-state index in [1.165, 1.54) is 13.2 Å². The van der Waals surface area contributed by atoms with Crippen molar-refractivity contribution in [2.45, 2.75) is 6.54 Å². The predicted octanol–water partition coefficient (Wildman–Crippen LogP) is 0.688. The van der Waals surface area contributed by atoms with Crippen LogP contribution in [0, 0.1) is 5.95 Å². The summed E-state index contributed by atoms with van der Waals surface area (Å²) in [6.07, 6.45) is 0. The molecule has 0 saturated heterocycles. The Balaban J connectivity index is 3.02. The first kappa shape index (κ1) is 7.94. The summed E-state index contributed by atoms with van der Waals surface area (Å²) in [6, 6.07) is 2.81. The van der Waals surface area contributed by atoms with Gasteiger partial charge in [-0.25, -0.2) is 4.98 Å². The van der Waals surface area contributed by atoms with E-state index in [2.05, 4.69) is 4.98 Å². The van der Waals surface area contributed by atoms with E-state index in [9.17, 15) is 4.39 Å². The molecule has 2 N–H and O–H groups in total. The lowest BCUT2D eigenvalue weighted by Crippen LogP contribution is -2.01. The van der Waals surface area contributed by atoms with Crippen LogP contribution < -0.4 is 10.5 Å². The van der Waals surface area contributed by atoms with Gasteiger partial charge < -0.3 is 10.5 Å². The van der Waals surface area contributed by atoms with Crippen LogP contribution in [0.4, 0.5) is 4.39 Å². The first-order chi connectivity index (χ1) is 5.26. The Bertz CT molecular complexity index is 230. The molecule has 0 radical (unpaired) electrons. The second-order valence-corrected chi connectivity index (χ2v) is 2.03. The lowest BCUT2D eigenvalue weighted by molar-refractivity contribution is 0.408. The number of halogens is 1. The number of hydrogen-bond acceptors (Lipinski definition) is 3. The molecule has 0 aliphatic rings. The van der Waals surface area contributed by atoms with Crippen molar-refractivity contribution in [3.05, 3.63) is 23.8 Å². The number of ether oxygens (including phenoxy) is 1. The quantitative estimate of drug-likeness (QED) is 0.641. The fourth-order valence-electron chi connectivity index (χ4n) is 0.747. The largest absolute Gasteiger partial charge is 0.497 e. The van der Waals surface area contributed by atoms with Gasteiger partial charge in [-0.15, -0.1) is 0 Å². The van der Waals surface area contributed by atoms with Crippen molar-refractivity contribution in [3.63, 3.8) is 0 Å². The highest BCUT2D eigenvalue weighted by Gasteiger charge is 1.99. The molecular weight excluding hydrogens is 147 g/mol. The van der Waals surface area contributed by atoms with Gasteiger partial charge in [-0.2, -0.15) is 4.39 Å². The van der Waals surface area contributed by atoms with Gasteiger partial charge in [0.05, 0.1) is 12.8 Å². The van der Waals surface area contributed by atoms with E-state index < -0.39 is 5.95 Å². The van der Waals surface area contributed by atoms with Crippen molar-refractivity contribution >= 4 is 0 Å². The topological polar surface area (TPSA) is 48.1 Å². The van der Waals surface area contributed by atoms with Crippen LogP contribution in [0.1, 0.15) is 5.69 Å². The van der Waals surface area contributed by atoms with E-state index >= 15 is 0 Å². The molecule has 0 aliphatic carbocycles. The van der Waals surface area contributed by atoms with Gasteiger partial charge in [0.15, 0.2) is 0 Å². The Kier molecular flexibility index (Phi) is 2.38. The van der Waals surface area contributed by atoms with Crippen LogP contribution in [0.2, 0.25) is 0 Å². The highest BCUT2D eigenvalue weighted by molar-refractivity contribution is 5.22. The third-order valence-corrected chi connectivity index (χ3v) is 1.27. The number of hydrogen-bond donors (Lipinski definition) is 1. The maximum Gasteiger partial charge on any atom is 0.216 e. The van der Waals surface area contributed by atoms with E-state index in [0.717, 1.165) is 0 Å². The molecule has 1 heterocycles. The molecule has 0 spiro atoms. The maximum absolute atomic E-state index is 12.6. The zero-order chi connectivity index (χ0) is 8.27. The van der Waals surface area contributed by atoms with E-state index in [1.807, 2.05) is 0 Å². The molecule has 11 heavy (non-hydrogen) atoms. The Morgan fingerprint density at radius 3 is 2.91 bits per heavy atom. The smallest absolute Gasteiger partial charge is 0.216 e. The number of rotatable bonds is 2. The minimum absolute atomic E-state index is 0.216. The molecular formula is C7H9FN2O. The van der Waals surface area contributed by atoms with Crippen LogP contribution in [0.5, 0.6) is 5.75 Å². The molecule has 60 valence electrons. The van der Waals surface area contributed by atoms with Crippen molar-refractivity contribution in [1.82, 2.24) is 4.98 Å². The first-order valence-corrected chi connectivity index (χ1v) is 3.17. The molecule has 0 aromatic carbocycles. The van der Waals surface area contributed by atoms with Gasteiger partial charge in [0.2, 0.25) is 5.95 Å². The lowest BCUT2D eigenvalue weighted by Gasteiger charge is -2.01. The number of pyridine rings is 1. The fraction of sp³-hybridized carbons (Fsp3) is 0.286. The van der Waals surface area contributed by atoms with Crippen LogP contribution in [-0.2, 0) is 6.54 Å².